The number of carbonyl (C=O) groups is 1. The van der Waals surface area contributed by atoms with E-state index < -0.39 is 11.9 Å². The molecular weight excluding hydrogens is 244 g/mol. The molecule has 1 heterocycles. The van der Waals surface area contributed by atoms with E-state index >= 15 is 0 Å². The molecule has 0 aromatic heterocycles. The van der Waals surface area contributed by atoms with E-state index in [0.717, 1.165) is 18.8 Å². The van der Waals surface area contributed by atoms with E-state index in [9.17, 15) is 4.79 Å². The second-order valence-electron chi connectivity index (χ2n) is 6.11. The summed E-state index contributed by atoms with van der Waals surface area (Å²) in [6.07, 6.45) is 9.20. The zero-order chi connectivity index (χ0) is 13.7. The van der Waals surface area contributed by atoms with Gasteiger partial charge in [0.15, 0.2) is 0 Å². The summed E-state index contributed by atoms with van der Waals surface area (Å²) < 4.78 is 15.6. The first-order chi connectivity index (χ1) is 9.10. The molecule has 0 spiro atoms. The molecule has 0 N–H and O–H groups in total. The second-order valence-corrected chi connectivity index (χ2v) is 6.11. The van der Waals surface area contributed by atoms with Gasteiger partial charge in [0, 0.05) is 6.42 Å². The van der Waals surface area contributed by atoms with Crippen LogP contribution in [0.15, 0.2) is 0 Å². The van der Waals surface area contributed by atoms with Gasteiger partial charge in [-0.1, -0.05) is 38.5 Å². The maximum absolute atomic E-state index is 11.5. The molecule has 19 heavy (non-hydrogen) atoms. The standard InChI is InChI=1S/C15H26O4/c1-12(2)18-14(16)19-15(11-17-15)10-9-13-7-5-3-4-6-8-13/h12-13H,3-11H2,1-2H3. The van der Waals surface area contributed by atoms with Crippen LogP contribution in [0.4, 0.5) is 4.79 Å². The Labute approximate surface area is 115 Å². The van der Waals surface area contributed by atoms with Crippen LogP contribution in [-0.2, 0) is 14.2 Å². The van der Waals surface area contributed by atoms with Gasteiger partial charge in [0.05, 0.1) is 6.10 Å². The van der Waals surface area contributed by atoms with Gasteiger partial charge in [-0.15, -0.1) is 0 Å². The van der Waals surface area contributed by atoms with Gasteiger partial charge in [-0.2, -0.15) is 0 Å². The average molecular weight is 270 g/mol. The van der Waals surface area contributed by atoms with Crippen LogP contribution < -0.4 is 0 Å². The Morgan fingerprint density at radius 3 is 2.42 bits per heavy atom. The van der Waals surface area contributed by atoms with Gasteiger partial charge in [0.25, 0.3) is 0 Å². The van der Waals surface area contributed by atoms with Crippen molar-refractivity contribution in [1.29, 1.82) is 0 Å². The molecule has 0 aromatic carbocycles. The molecule has 110 valence electrons. The molecule has 1 aliphatic heterocycles. The fourth-order valence-electron chi connectivity index (χ4n) is 2.78. The molecule has 4 heteroatoms. The van der Waals surface area contributed by atoms with Crippen molar-refractivity contribution in [1.82, 2.24) is 0 Å². The van der Waals surface area contributed by atoms with E-state index in [4.69, 9.17) is 14.2 Å². The Balaban J connectivity index is 1.70. The van der Waals surface area contributed by atoms with Gasteiger partial charge in [0.2, 0.25) is 5.79 Å². The normalized spacial score (nSPS) is 27.9. The van der Waals surface area contributed by atoms with Crippen LogP contribution in [-0.4, -0.2) is 24.7 Å². The Hall–Kier alpha value is -0.770. The third kappa shape index (κ3) is 5.01. The highest BCUT2D eigenvalue weighted by Gasteiger charge is 2.49. The van der Waals surface area contributed by atoms with E-state index in [-0.39, 0.29) is 6.10 Å². The first-order valence-electron chi connectivity index (χ1n) is 7.63. The van der Waals surface area contributed by atoms with Crippen LogP contribution in [0.1, 0.15) is 65.2 Å². The number of epoxide rings is 1. The fourth-order valence-corrected chi connectivity index (χ4v) is 2.78. The molecule has 1 saturated heterocycles. The Kier molecular flexibility index (Phi) is 5.08. The minimum atomic E-state index is -0.668. The average Bonchev–Trinajstić information content (AvgIpc) is 3.10. The number of hydrogen-bond donors (Lipinski definition) is 0. The molecule has 1 atom stereocenters. The zero-order valence-electron chi connectivity index (χ0n) is 12.2. The van der Waals surface area contributed by atoms with Crippen LogP contribution in [0.3, 0.4) is 0 Å². The van der Waals surface area contributed by atoms with Crippen LogP contribution in [0.5, 0.6) is 0 Å². The van der Waals surface area contributed by atoms with Crippen LogP contribution >= 0.6 is 0 Å². The van der Waals surface area contributed by atoms with E-state index in [1.54, 1.807) is 0 Å². The summed E-state index contributed by atoms with van der Waals surface area (Å²) in [4.78, 5) is 11.5. The molecule has 0 aromatic rings. The third-order valence-electron chi connectivity index (χ3n) is 3.98. The summed E-state index contributed by atoms with van der Waals surface area (Å²) >= 11 is 0. The number of rotatable bonds is 5. The summed E-state index contributed by atoms with van der Waals surface area (Å²) in [6.45, 7) is 4.15. The lowest BCUT2D eigenvalue weighted by molar-refractivity contribution is -0.0501. The minimum absolute atomic E-state index is 0.148. The maximum Gasteiger partial charge on any atom is 0.511 e. The summed E-state index contributed by atoms with van der Waals surface area (Å²) in [6, 6.07) is 0. The van der Waals surface area contributed by atoms with Crippen molar-refractivity contribution in [3.05, 3.63) is 0 Å². The summed E-state index contributed by atoms with van der Waals surface area (Å²) in [5.74, 6) is 0.103. The molecule has 0 amide bonds. The molecule has 2 rings (SSSR count). The van der Waals surface area contributed by atoms with Crippen molar-refractivity contribution >= 4 is 6.16 Å². The first kappa shape index (κ1) is 14.6. The van der Waals surface area contributed by atoms with Crippen molar-refractivity contribution in [2.45, 2.75) is 77.1 Å². The van der Waals surface area contributed by atoms with Crippen molar-refractivity contribution < 1.29 is 19.0 Å². The molecule has 0 radical (unpaired) electrons. The molecule has 0 bridgehead atoms. The number of carbonyl (C=O) groups excluding carboxylic acids is 1. The lowest BCUT2D eigenvalue weighted by Crippen LogP contribution is -2.24. The van der Waals surface area contributed by atoms with Crippen LogP contribution in [0.25, 0.3) is 0 Å². The van der Waals surface area contributed by atoms with Crippen molar-refractivity contribution in [2.75, 3.05) is 6.61 Å². The molecule has 1 aliphatic carbocycles. The lowest BCUT2D eigenvalue weighted by atomic mass is 9.93. The first-order valence-corrected chi connectivity index (χ1v) is 7.63. The van der Waals surface area contributed by atoms with Gasteiger partial charge < -0.3 is 14.2 Å². The van der Waals surface area contributed by atoms with Gasteiger partial charge in [-0.25, -0.2) is 4.79 Å². The van der Waals surface area contributed by atoms with Crippen molar-refractivity contribution in [2.24, 2.45) is 5.92 Å². The zero-order valence-corrected chi connectivity index (χ0v) is 12.2. The summed E-state index contributed by atoms with van der Waals surface area (Å²) in [5.41, 5.74) is 0. The smallest absolute Gasteiger partial charge is 0.432 e. The summed E-state index contributed by atoms with van der Waals surface area (Å²) in [5, 5.41) is 0. The minimum Gasteiger partial charge on any atom is -0.432 e. The van der Waals surface area contributed by atoms with Gasteiger partial charge in [0.1, 0.15) is 6.61 Å². The second kappa shape index (κ2) is 6.60. The van der Waals surface area contributed by atoms with Gasteiger partial charge >= 0.3 is 6.16 Å². The highest BCUT2D eigenvalue weighted by Crippen LogP contribution is 2.37. The fraction of sp³-hybridized carbons (Fsp3) is 0.933. The molecule has 4 nitrogen and oxygen atoms in total. The molecule has 2 fully saturated rings. The van der Waals surface area contributed by atoms with Crippen molar-refractivity contribution in [3.8, 4) is 0 Å². The molecular formula is C15H26O4. The monoisotopic (exact) mass is 270 g/mol. The number of hydrogen-bond acceptors (Lipinski definition) is 4. The topological polar surface area (TPSA) is 48.1 Å². The summed E-state index contributed by atoms with van der Waals surface area (Å²) in [7, 11) is 0. The molecule has 1 saturated carbocycles. The predicted octanol–water partition coefficient (Wildman–Crippen LogP) is 4.03. The van der Waals surface area contributed by atoms with Crippen molar-refractivity contribution in [3.63, 3.8) is 0 Å². The van der Waals surface area contributed by atoms with Crippen LogP contribution in [0.2, 0.25) is 0 Å². The molecule has 1 unspecified atom stereocenters. The number of ether oxygens (including phenoxy) is 3. The SMILES string of the molecule is CC(C)OC(=O)OC1(CCC2CCCCCC2)CO1. The highest BCUT2D eigenvalue weighted by atomic mass is 16.9. The van der Waals surface area contributed by atoms with E-state index in [1.165, 1.54) is 38.5 Å². The van der Waals surface area contributed by atoms with Gasteiger partial charge in [-0.05, 0) is 26.2 Å². The Bertz CT molecular complexity index is 289. The lowest BCUT2D eigenvalue weighted by Gasteiger charge is -2.18. The Morgan fingerprint density at radius 1 is 1.26 bits per heavy atom. The Morgan fingerprint density at radius 2 is 1.89 bits per heavy atom. The van der Waals surface area contributed by atoms with Gasteiger partial charge in [-0.3, -0.25) is 0 Å². The predicted molar refractivity (Wildman–Crippen MR) is 71.8 cm³/mol. The quantitative estimate of drug-likeness (QED) is 0.430. The molecule has 2 aliphatic rings. The van der Waals surface area contributed by atoms with E-state index in [2.05, 4.69) is 0 Å². The largest absolute Gasteiger partial charge is 0.511 e. The van der Waals surface area contributed by atoms with Crippen LogP contribution in [0, 0.1) is 5.92 Å². The highest BCUT2D eigenvalue weighted by molar-refractivity contribution is 5.60. The maximum atomic E-state index is 11.5. The van der Waals surface area contributed by atoms with E-state index in [1.807, 2.05) is 13.8 Å². The third-order valence-corrected chi connectivity index (χ3v) is 3.98. The van der Waals surface area contributed by atoms with E-state index in [0.29, 0.717) is 6.61 Å².